The molecule has 9 heteroatoms. The second-order valence-corrected chi connectivity index (χ2v) is 6.58. The highest BCUT2D eigenvalue weighted by Crippen LogP contribution is 2.37. The molecule has 0 saturated carbocycles. The minimum Gasteiger partial charge on any atom is -0.495 e. The molecule has 0 aliphatic rings. The fourth-order valence-electron chi connectivity index (χ4n) is 2.07. The largest absolute Gasteiger partial charge is 0.495 e. The third-order valence-electron chi connectivity index (χ3n) is 3.05. The molecule has 0 saturated heterocycles. The Hall–Kier alpha value is -1.93. The van der Waals surface area contributed by atoms with Gasteiger partial charge in [-0.2, -0.15) is 5.10 Å². The number of methoxy groups -OCH3 is 2. The molecule has 0 unspecified atom stereocenters. The number of aryl methyl sites for hydroxylation is 2. The SMILES string of the molecule is COc1cc(NS(=O)(=O)c2c(C)n[nH]c2C)c(OC)cc1Cl. The number of sulfonamides is 1. The summed E-state index contributed by atoms with van der Waals surface area (Å²) in [5.74, 6) is 0.619. The Balaban J connectivity index is 2.50. The molecule has 1 aromatic carbocycles. The smallest absolute Gasteiger partial charge is 0.265 e. The van der Waals surface area contributed by atoms with Gasteiger partial charge in [-0.1, -0.05) is 11.6 Å². The van der Waals surface area contributed by atoms with Crippen LogP contribution in [-0.4, -0.2) is 32.8 Å². The minimum absolute atomic E-state index is 0.100. The van der Waals surface area contributed by atoms with Crippen molar-refractivity contribution in [1.82, 2.24) is 10.2 Å². The summed E-state index contributed by atoms with van der Waals surface area (Å²) >= 11 is 6.00. The Morgan fingerprint density at radius 2 is 1.82 bits per heavy atom. The highest BCUT2D eigenvalue weighted by molar-refractivity contribution is 7.92. The number of nitrogens with zero attached hydrogens (tertiary/aromatic N) is 1. The van der Waals surface area contributed by atoms with E-state index in [0.717, 1.165) is 0 Å². The van der Waals surface area contributed by atoms with Gasteiger partial charge in [0.2, 0.25) is 0 Å². The van der Waals surface area contributed by atoms with Crippen molar-refractivity contribution in [2.24, 2.45) is 0 Å². The number of rotatable bonds is 5. The topological polar surface area (TPSA) is 93.3 Å². The molecule has 0 bridgehead atoms. The van der Waals surface area contributed by atoms with Crippen LogP contribution >= 0.6 is 11.6 Å². The number of halogens is 1. The van der Waals surface area contributed by atoms with Crippen LogP contribution in [0.25, 0.3) is 0 Å². The van der Waals surface area contributed by atoms with Crippen molar-refractivity contribution in [3.8, 4) is 11.5 Å². The summed E-state index contributed by atoms with van der Waals surface area (Å²) in [4.78, 5) is 0.100. The molecular formula is C13H16ClN3O4S. The summed E-state index contributed by atoms with van der Waals surface area (Å²) < 4.78 is 37.8. The fourth-order valence-corrected chi connectivity index (χ4v) is 3.74. The van der Waals surface area contributed by atoms with Crippen LogP contribution in [0.3, 0.4) is 0 Å². The van der Waals surface area contributed by atoms with E-state index in [1.165, 1.54) is 26.4 Å². The number of aromatic amines is 1. The van der Waals surface area contributed by atoms with Gasteiger partial charge in [0.1, 0.15) is 16.4 Å². The second-order valence-electron chi connectivity index (χ2n) is 4.56. The molecule has 0 fully saturated rings. The lowest BCUT2D eigenvalue weighted by atomic mass is 10.3. The Morgan fingerprint density at radius 3 is 2.32 bits per heavy atom. The molecular weight excluding hydrogens is 330 g/mol. The molecule has 2 N–H and O–H groups in total. The first-order chi connectivity index (χ1) is 10.3. The van der Waals surface area contributed by atoms with E-state index < -0.39 is 10.0 Å². The molecule has 2 rings (SSSR count). The average Bonchev–Trinajstić information content (AvgIpc) is 2.80. The van der Waals surface area contributed by atoms with E-state index in [9.17, 15) is 8.42 Å². The van der Waals surface area contributed by atoms with Gasteiger partial charge in [0.05, 0.1) is 36.3 Å². The van der Waals surface area contributed by atoms with Crippen LogP contribution in [-0.2, 0) is 10.0 Å². The second kappa shape index (κ2) is 6.05. The summed E-state index contributed by atoms with van der Waals surface area (Å²) in [5, 5.41) is 6.85. The number of anilines is 1. The van der Waals surface area contributed by atoms with Crippen LogP contribution < -0.4 is 14.2 Å². The van der Waals surface area contributed by atoms with Crippen molar-refractivity contribution in [3.63, 3.8) is 0 Å². The van der Waals surface area contributed by atoms with Gasteiger partial charge in [0.15, 0.2) is 0 Å². The van der Waals surface area contributed by atoms with Crippen molar-refractivity contribution >= 4 is 27.3 Å². The first kappa shape index (κ1) is 16.4. The van der Waals surface area contributed by atoms with Gasteiger partial charge in [0.25, 0.3) is 10.0 Å². The number of benzene rings is 1. The van der Waals surface area contributed by atoms with E-state index in [1.54, 1.807) is 13.8 Å². The number of nitrogens with one attached hydrogen (secondary N) is 2. The number of hydrogen-bond donors (Lipinski definition) is 2. The molecule has 7 nitrogen and oxygen atoms in total. The Bertz CT molecular complexity index is 782. The molecule has 0 radical (unpaired) electrons. The monoisotopic (exact) mass is 345 g/mol. The molecule has 0 aliphatic carbocycles. The first-order valence-corrected chi connectivity index (χ1v) is 8.12. The van der Waals surface area contributed by atoms with Crippen LogP contribution in [0.5, 0.6) is 11.5 Å². The lowest BCUT2D eigenvalue weighted by molar-refractivity contribution is 0.405. The molecule has 0 spiro atoms. The van der Waals surface area contributed by atoms with Crippen molar-refractivity contribution in [1.29, 1.82) is 0 Å². The van der Waals surface area contributed by atoms with Gasteiger partial charge in [-0.25, -0.2) is 8.42 Å². The summed E-state index contributed by atoms with van der Waals surface area (Å²) in [6.45, 7) is 3.24. The molecule has 0 aliphatic heterocycles. The molecule has 1 heterocycles. The van der Waals surface area contributed by atoms with Gasteiger partial charge in [-0.3, -0.25) is 9.82 Å². The predicted octanol–water partition coefficient (Wildman–Crippen LogP) is 2.50. The fraction of sp³-hybridized carbons (Fsp3) is 0.308. The van der Waals surface area contributed by atoms with Gasteiger partial charge in [0, 0.05) is 12.1 Å². The highest BCUT2D eigenvalue weighted by atomic mass is 35.5. The Morgan fingerprint density at radius 1 is 1.18 bits per heavy atom. The first-order valence-electron chi connectivity index (χ1n) is 6.26. The van der Waals surface area contributed by atoms with Crippen molar-refractivity contribution in [2.45, 2.75) is 18.7 Å². The summed E-state index contributed by atoms with van der Waals surface area (Å²) in [6.07, 6.45) is 0. The Kier molecular flexibility index (Phi) is 4.52. The molecule has 2 aromatic rings. The third kappa shape index (κ3) is 2.97. The van der Waals surface area contributed by atoms with Crippen LogP contribution in [0.1, 0.15) is 11.4 Å². The van der Waals surface area contributed by atoms with Gasteiger partial charge < -0.3 is 9.47 Å². The highest BCUT2D eigenvalue weighted by Gasteiger charge is 2.24. The van der Waals surface area contributed by atoms with Crippen LogP contribution in [0.15, 0.2) is 17.0 Å². The summed E-state index contributed by atoms with van der Waals surface area (Å²) in [7, 11) is -0.962. The standard InChI is InChI=1S/C13H16ClN3O4S/c1-7-13(8(2)16-15-7)22(18,19)17-10-6-11(20-3)9(14)5-12(10)21-4/h5-6,17H,1-4H3,(H,15,16). The van der Waals surface area contributed by atoms with Gasteiger partial charge in [-0.15, -0.1) is 0 Å². The van der Waals surface area contributed by atoms with E-state index in [0.29, 0.717) is 22.2 Å². The number of hydrogen-bond acceptors (Lipinski definition) is 5. The zero-order valence-corrected chi connectivity index (χ0v) is 14.1. The van der Waals surface area contributed by atoms with Gasteiger partial charge in [-0.05, 0) is 13.8 Å². The quantitative estimate of drug-likeness (QED) is 0.868. The maximum absolute atomic E-state index is 12.6. The van der Waals surface area contributed by atoms with E-state index in [-0.39, 0.29) is 16.3 Å². The number of ether oxygens (including phenoxy) is 2. The van der Waals surface area contributed by atoms with E-state index >= 15 is 0 Å². The van der Waals surface area contributed by atoms with Crippen molar-refractivity contribution < 1.29 is 17.9 Å². The van der Waals surface area contributed by atoms with Crippen LogP contribution in [0.4, 0.5) is 5.69 Å². The molecule has 0 atom stereocenters. The Labute approximate surface area is 133 Å². The zero-order valence-electron chi connectivity index (χ0n) is 12.5. The lowest BCUT2D eigenvalue weighted by Gasteiger charge is -2.14. The predicted molar refractivity (Wildman–Crippen MR) is 83.4 cm³/mol. The summed E-state index contributed by atoms with van der Waals surface area (Å²) in [5.41, 5.74) is 1.05. The number of H-pyrrole nitrogens is 1. The van der Waals surface area contributed by atoms with Crippen molar-refractivity contribution in [3.05, 3.63) is 28.5 Å². The van der Waals surface area contributed by atoms with E-state index in [2.05, 4.69) is 14.9 Å². The maximum Gasteiger partial charge on any atom is 0.265 e. The van der Waals surface area contributed by atoms with Gasteiger partial charge >= 0.3 is 0 Å². The molecule has 0 amide bonds. The summed E-state index contributed by atoms with van der Waals surface area (Å²) in [6, 6.07) is 2.94. The van der Waals surface area contributed by atoms with E-state index in [4.69, 9.17) is 21.1 Å². The number of aromatic nitrogens is 2. The third-order valence-corrected chi connectivity index (χ3v) is 4.97. The van der Waals surface area contributed by atoms with Crippen LogP contribution in [0.2, 0.25) is 5.02 Å². The molecule has 1 aromatic heterocycles. The zero-order chi connectivity index (χ0) is 16.5. The average molecular weight is 346 g/mol. The lowest BCUT2D eigenvalue weighted by Crippen LogP contribution is -2.15. The molecule has 120 valence electrons. The van der Waals surface area contributed by atoms with Crippen LogP contribution in [0, 0.1) is 13.8 Å². The minimum atomic E-state index is -3.82. The maximum atomic E-state index is 12.6. The van der Waals surface area contributed by atoms with E-state index in [1.807, 2.05) is 0 Å². The normalized spacial score (nSPS) is 11.3. The molecule has 22 heavy (non-hydrogen) atoms. The van der Waals surface area contributed by atoms with Crippen molar-refractivity contribution in [2.75, 3.05) is 18.9 Å².